The molecular formula is C21H33N7O2S. The quantitative estimate of drug-likeness (QED) is 0.752. The lowest BCUT2D eigenvalue weighted by molar-refractivity contribution is 0.383. The van der Waals surface area contributed by atoms with Gasteiger partial charge in [-0.1, -0.05) is 19.3 Å². The molecule has 1 N–H and O–H groups in total. The topological polar surface area (TPSA) is 96.3 Å². The molecule has 0 spiro atoms. The summed E-state index contributed by atoms with van der Waals surface area (Å²) in [5.41, 5.74) is 2.14. The van der Waals surface area contributed by atoms with Crippen molar-refractivity contribution in [1.29, 1.82) is 0 Å². The molecule has 2 fully saturated rings. The van der Waals surface area contributed by atoms with Crippen LogP contribution in [0.3, 0.4) is 0 Å². The molecule has 9 nitrogen and oxygen atoms in total. The number of sulfonamides is 1. The van der Waals surface area contributed by atoms with Crippen LogP contribution in [0.5, 0.6) is 0 Å². The van der Waals surface area contributed by atoms with Crippen LogP contribution in [-0.2, 0) is 17.1 Å². The molecule has 170 valence electrons. The van der Waals surface area contributed by atoms with E-state index in [2.05, 4.69) is 20.3 Å². The number of hydrogen-bond donors (Lipinski definition) is 1. The van der Waals surface area contributed by atoms with Gasteiger partial charge in [-0.15, -0.1) is 0 Å². The molecule has 0 radical (unpaired) electrons. The van der Waals surface area contributed by atoms with Gasteiger partial charge < -0.3 is 10.2 Å². The monoisotopic (exact) mass is 447 g/mol. The number of rotatable bonds is 5. The minimum Gasteiger partial charge on any atom is -0.354 e. The van der Waals surface area contributed by atoms with E-state index in [1.807, 2.05) is 13.0 Å². The van der Waals surface area contributed by atoms with Crippen molar-refractivity contribution in [3.63, 3.8) is 0 Å². The van der Waals surface area contributed by atoms with Gasteiger partial charge in [0.2, 0.25) is 16.0 Å². The maximum Gasteiger partial charge on any atom is 0.246 e. The van der Waals surface area contributed by atoms with E-state index in [1.54, 1.807) is 29.9 Å². The Morgan fingerprint density at radius 3 is 2.29 bits per heavy atom. The molecule has 2 aromatic rings. The zero-order valence-corrected chi connectivity index (χ0v) is 19.7. The van der Waals surface area contributed by atoms with Gasteiger partial charge in [-0.2, -0.15) is 14.4 Å². The number of aromatic nitrogens is 4. The zero-order chi connectivity index (χ0) is 22.2. The summed E-state index contributed by atoms with van der Waals surface area (Å²) >= 11 is 0. The Kier molecular flexibility index (Phi) is 6.20. The predicted molar refractivity (Wildman–Crippen MR) is 121 cm³/mol. The molecule has 0 atom stereocenters. The molecule has 3 heterocycles. The van der Waals surface area contributed by atoms with Crippen molar-refractivity contribution in [3.8, 4) is 0 Å². The van der Waals surface area contributed by atoms with Crippen LogP contribution in [0.2, 0.25) is 0 Å². The number of aryl methyl sites for hydroxylation is 3. The van der Waals surface area contributed by atoms with Crippen molar-refractivity contribution in [2.24, 2.45) is 7.05 Å². The second kappa shape index (κ2) is 8.74. The van der Waals surface area contributed by atoms with Gasteiger partial charge in [-0.3, -0.25) is 4.68 Å². The number of anilines is 2. The molecule has 2 aliphatic rings. The highest BCUT2D eigenvalue weighted by Crippen LogP contribution is 2.26. The van der Waals surface area contributed by atoms with Crippen LogP contribution in [0, 0.1) is 20.8 Å². The second-order valence-electron chi connectivity index (χ2n) is 8.69. The zero-order valence-electron chi connectivity index (χ0n) is 18.9. The molecule has 0 unspecified atom stereocenters. The fourth-order valence-electron chi connectivity index (χ4n) is 4.62. The molecule has 1 aliphatic heterocycles. The van der Waals surface area contributed by atoms with Gasteiger partial charge in [0.05, 0.1) is 11.4 Å². The standard InChI is InChI=1S/C21H33N7O2S/c1-15-14-19(24-21(22-15)23-18-8-6-5-7-9-18)27-10-12-28(13-11-27)31(29,30)20-16(2)25-26(4)17(20)3/h14,18H,5-13H2,1-4H3,(H,22,23,24). The second-order valence-corrected chi connectivity index (χ2v) is 10.6. The lowest BCUT2D eigenvalue weighted by Gasteiger charge is -2.35. The third-order valence-corrected chi connectivity index (χ3v) is 8.53. The Hall–Kier alpha value is -2.20. The molecule has 1 saturated heterocycles. The average Bonchev–Trinajstić information content (AvgIpc) is 3.00. The van der Waals surface area contributed by atoms with Gasteiger partial charge in [0.15, 0.2) is 0 Å². The largest absolute Gasteiger partial charge is 0.354 e. The molecule has 10 heteroatoms. The molecular weight excluding hydrogens is 414 g/mol. The molecule has 4 rings (SSSR count). The third kappa shape index (κ3) is 4.55. The van der Waals surface area contributed by atoms with Gasteiger partial charge >= 0.3 is 0 Å². The van der Waals surface area contributed by atoms with E-state index in [9.17, 15) is 8.42 Å². The van der Waals surface area contributed by atoms with Crippen molar-refractivity contribution < 1.29 is 8.42 Å². The number of nitrogens with one attached hydrogen (secondary N) is 1. The first-order chi connectivity index (χ1) is 14.8. The van der Waals surface area contributed by atoms with Crippen LogP contribution in [0.15, 0.2) is 11.0 Å². The highest BCUT2D eigenvalue weighted by Gasteiger charge is 2.33. The Morgan fingerprint density at radius 2 is 1.68 bits per heavy atom. The lowest BCUT2D eigenvalue weighted by atomic mass is 9.96. The first kappa shape index (κ1) is 22.0. The van der Waals surface area contributed by atoms with Gasteiger partial charge in [0.1, 0.15) is 10.7 Å². The Labute approximate surface area is 184 Å². The van der Waals surface area contributed by atoms with E-state index in [1.165, 1.54) is 19.3 Å². The van der Waals surface area contributed by atoms with E-state index < -0.39 is 10.0 Å². The summed E-state index contributed by atoms with van der Waals surface area (Å²) in [6, 6.07) is 2.42. The Balaban J connectivity index is 1.46. The molecule has 31 heavy (non-hydrogen) atoms. The van der Waals surface area contributed by atoms with Crippen molar-refractivity contribution in [3.05, 3.63) is 23.1 Å². The summed E-state index contributed by atoms with van der Waals surface area (Å²) < 4.78 is 29.7. The van der Waals surface area contributed by atoms with Gasteiger partial charge in [0.25, 0.3) is 0 Å². The van der Waals surface area contributed by atoms with E-state index in [-0.39, 0.29) is 0 Å². The minimum absolute atomic E-state index is 0.334. The van der Waals surface area contributed by atoms with Crippen LogP contribution in [0.25, 0.3) is 0 Å². The van der Waals surface area contributed by atoms with Gasteiger partial charge in [0, 0.05) is 51.0 Å². The predicted octanol–water partition coefficient (Wildman–Crippen LogP) is 2.39. The Morgan fingerprint density at radius 1 is 1.00 bits per heavy atom. The summed E-state index contributed by atoms with van der Waals surface area (Å²) in [5.74, 6) is 1.54. The third-order valence-electron chi connectivity index (χ3n) is 6.38. The summed E-state index contributed by atoms with van der Waals surface area (Å²) in [6.45, 7) is 7.56. The van der Waals surface area contributed by atoms with Crippen molar-refractivity contribution >= 4 is 21.8 Å². The smallest absolute Gasteiger partial charge is 0.246 e. The van der Waals surface area contributed by atoms with E-state index in [4.69, 9.17) is 4.98 Å². The van der Waals surface area contributed by atoms with Crippen molar-refractivity contribution in [1.82, 2.24) is 24.1 Å². The summed E-state index contributed by atoms with van der Waals surface area (Å²) in [7, 11) is -1.79. The van der Waals surface area contributed by atoms with Crippen molar-refractivity contribution in [2.75, 3.05) is 36.4 Å². The van der Waals surface area contributed by atoms with Crippen LogP contribution >= 0.6 is 0 Å². The number of piperazine rings is 1. The van der Waals surface area contributed by atoms with Gasteiger partial charge in [-0.25, -0.2) is 13.4 Å². The molecule has 2 aromatic heterocycles. The first-order valence-corrected chi connectivity index (χ1v) is 12.6. The number of nitrogens with zero attached hydrogens (tertiary/aromatic N) is 6. The molecule has 0 aromatic carbocycles. The van der Waals surface area contributed by atoms with E-state index >= 15 is 0 Å². The normalized spacial score (nSPS) is 19.0. The highest BCUT2D eigenvalue weighted by atomic mass is 32.2. The van der Waals surface area contributed by atoms with Crippen LogP contribution in [0.4, 0.5) is 11.8 Å². The minimum atomic E-state index is -3.57. The highest BCUT2D eigenvalue weighted by molar-refractivity contribution is 7.89. The fraction of sp³-hybridized carbons (Fsp3) is 0.667. The first-order valence-electron chi connectivity index (χ1n) is 11.1. The summed E-state index contributed by atoms with van der Waals surface area (Å²) in [4.78, 5) is 11.8. The average molecular weight is 448 g/mol. The van der Waals surface area contributed by atoms with Gasteiger partial charge in [-0.05, 0) is 33.6 Å². The van der Waals surface area contributed by atoms with E-state index in [0.717, 1.165) is 24.4 Å². The maximum absolute atomic E-state index is 13.2. The lowest BCUT2D eigenvalue weighted by Crippen LogP contribution is -2.49. The van der Waals surface area contributed by atoms with Crippen LogP contribution < -0.4 is 10.2 Å². The van der Waals surface area contributed by atoms with E-state index in [0.29, 0.717) is 54.5 Å². The molecule has 1 saturated carbocycles. The number of hydrogen-bond acceptors (Lipinski definition) is 7. The molecule has 0 amide bonds. The fourth-order valence-corrected chi connectivity index (χ4v) is 6.44. The Bertz CT molecular complexity index is 1040. The van der Waals surface area contributed by atoms with Crippen LogP contribution in [-0.4, -0.2) is 64.7 Å². The van der Waals surface area contributed by atoms with Crippen LogP contribution in [0.1, 0.15) is 49.2 Å². The summed E-state index contributed by atoms with van der Waals surface area (Å²) in [6.07, 6.45) is 6.14. The summed E-state index contributed by atoms with van der Waals surface area (Å²) in [5, 5.41) is 7.78. The molecule has 0 bridgehead atoms. The SMILES string of the molecule is Cc1cc(N2CCN(S(=O)(=O)c3c(C)nn(C)c3C)CC2)nc(NC2CCCCC2)n1. The maximum atomic E-state index is 13.2. The molecule has 1 aliphatic carbocycles. The van der Waals surface area contributed by atoms with Crippen molar-refractivity contribution in [2.45, 2.75) is 63.8 Å².